The molecule has 0 spiro atoms. The van der Waals surface area contributed by atoms with E-state index in [9.17, 15) is 0 Å². The molecular formula is C13H24N4O. The van der Waals surface area contributed by atoms with Crippen molar-refractivity contribution >= 4 is 0 Å². The Morgan fingerprint density at radius 3 is 3.06 bits per heavy atom. The standard InChI is InChI=1S/C13H24N4O/c1-10(2)17-8-4-5-11(9-17)13-15-12(16-18-13)6-3-7-14/h10-11H,3-9,14H2,1-2H3. The van der Waals surface area contributed by atoms with E-state index in [-0.39, 0.29) is 0 Å². The van der Waals surface area contributed by atoms with E-state index in [4.69, 9.17) is 10.3 Å². The molecule has 1 aromatic heterocycles. The second-order valence-corrected chi connectivity index (χ2v) is 5.37. The van der Waals surface area contributed by atoms with Gasteiger partial charge in [0.25, 0.3) is 0 Å². The lowest BCUT2D eigenvalue weighted by atomic mass is 9.97. The van der Waals surface area contributed by atoms with Gasteiger partial charge in [-0.1, -0.05) is 5.16 Å². The van der Waals surface area contributed by atoms with Gasteiger partial charge in [0.2, 0.25) is 5.89 Å². The fourth-order valence-corrected chi connectivity index (χ4v) is 2.47. The van der Waals surface area contributed by atoms with Crippen LogP contribution in [-0.2, 0) is 6.42 Å². The smallest absolute Gasteiger partial charge is 0.231 e. The van der Waals surface area contributed by atoms with E-state index in [1.807, 2.05) is 0 Å². The van der Waals surface area contributed by atoms with Crippen molar-refractivity contribution in [3.63, 3.8) is 0 Å². The number of piperidine rings is 1. The van der Waals surface area contributed by atoms with Crippen molar-refractivity contribution in [2.75, 3.05) is 19.6 Å². The number of hydrogen-bond acceptors (Lipinski definition) is 5. The predicted octanol–water partition coefficient (Wildman–Crippen LogP) is 1.55. The number of rotatable bonds is 5. The summed E-state index contributed by atoms with van der Waals surface area (Å²) in [5.41, 5.74) is 5.48. The molecule has 2 rings (SSSR count). The molecule has 5 heteroatoms. The summed E-state index contributed by atoms with van der Waals surface area (Å²) in [4.78, 5) is 6.99. The zero-order chi connectivity index (χ0) is 13.0. The first-order valence-corrected chi connectivity index (χ1v) is 6.97. The van der Waals surface area contributed by atoms with Crippen LogP contribution in [0.4, 0.5) is 0 Å². The maximum Gasteiger partial charge on any atom is 0.231 e. The zero-order valence-corrected chi connectivity index (χ0v) is 11.4. The molecule has 0 bridgehead atoms. The van der Waals surface area contributed by atoms with Crippen molar-refractivity contribution in [1.29, 1.82) is 0 Å². The Labute approximate surface area is 109 Å². The average Bonchev–Trinajstić information content (AvgIpc) is 2.85. The molecule has 1 atom stereocenters. The van der Waals surface area contributed by atoms with Crippen LogP contribution in [-0.4, -0.2) is 40.7 Å². The Kier molecular flexibility index (Phi) is 4.72. The minimum atomic E-state index is 0.403. The van der Waals surface area contributed by atoms with Crippen LogP contribution in [0.15, 0.2) is 4.52 Å². The van der Waals surface area contributed by atoms with Gasteiger partial charge in [-0.15, -0.1) is 0 Å². The second-order valence-electron chi connectivity index (χ2n) is 5.37. The first kappa shape index (κ1) is 13.5. The summed E-state index contributed by atoms with van der Waals surface area (Å²) in [5, 5.41) is 4.04. The summed E-state index contributed by atoms with van der Waals surface area (Å²) in [5.74, 6) is 2.02. The van der Waals surface area contributed by atoms with Crippen LogP contribution in [0.2, 0.25) is 0 Å². The molecular weight excluding hydrogens is 228 g/mol. The van der Waals surface area contributed by atoms with Crippen molar-refractivity contribution < 1.29 is 4.52 Å². The molecule has 0 amide bonds. The van der Waals surface area contributed by atoms with Gasteiger partial charge >= 0.3 is 0 Å². The number of nitrogens with zero attached hydrogens (tertiary/aromatic N) is 3. The van der Waals surface area contributed by atoms with E-state index in [1.165, 1.54) is 13.0 Å². The van der Waals surface area contributed by atoms with E-state index in [0.29, 0.717) is 18.5 Å². The number of aromatic nitrogens is 2. The van der Waals surface area contributed by atoms with Gasteiger partial charge in [0, 0.05) is 19.0 Å². The minimum absolute atomic E-state index is 0.403. The molecule has 0 aromatic carbocycles. The third-order valence-electron chi connectivity index (χ3n) is 3.62. The van der Waals surface area contributed by atoms with Crippen LogP contribution < -0.4 is 5.73 Å². The Balaban J connectivity index is 1.95. The molecule has 1 aliphatic heterocycles. The van der Waals surface area contributed by atoms with Gasteiger partial charge in [-0.2, -0.15) is 4.98 Å². The molecule has 1 saturated heterocycles. The Hall–Kier alpha value is -0.940. The fraction of sp³-hybridized carbons (Fsp3) is 0.846. The molecule has 2 heterocycles. The normalized spacial score (nSPS) is 21.7. The highest BCUT2D eigenvalue weighted by atomic mass is 16.5. The summed E-state index contributed by atoms with van der Waals surface area (Å²) < 4.78 is 5.40. The summed E-state index contributed by atoms with van der Waals surface area (Å²) in [6, 6.07) is 0.590. The van der Waals surface area contributed by atoms with Gasteiger partial charge in [-0.3, -0.25) is 0 Å². The van der Waals surface area contributed by atoms with Crippen LogP contribution in [0.5, 0.6) is 0 Å². The lowest BCUT2D eigenvalue weighted by Crippen LogP contribution is -2.39. The molecule has 0 aliphatic carbocycles. The lowest BCUT2D eigenvalue weighted by molar-refractivity contribution is 0.153. The first-order valence-electron chi connectivity index (χ1n) is 6.97. The SMILES string of the molecule is CC(C)N1CCCC(c2nc(CCCN)no2)C1. The molecule has 0 saturated carbocycles. The molecule has 0 radical (unpaired) electrons. The van der Waals surface area contributed by atoms with Crippen molar-refractivity contribution in [1.82, 2.24) is 15.0 Å². The molecule has 2 N–H and O–H groups in total. The van der Waals surface area contributed by atoms with Crippen molar-refractivity contribution in [2.45, 2.75) is 51.5 Å². The van der Waals surface area contributed by atoms with E-state index < -0.39 is 0 Å². The van der Waals surface area contributed by atoms with Crippen LogP contribution in [0.1, 0.15) is 50.7 Å². The van der Waals surface area contributed by atoms with Gasteiger partial charge in [0.1, 0.15) is 0 Å². The third-order valence-corrected chi connectivity index (χ3v) is 3.62. The summed E-state index contributed by atoms with van der Waals surface area (Å²) in [7, 11) is 0. The summed E-state index contributed by atoms with van der Waals surface area (Å²) >= 11 is 0. The van der Waals surface area contributed by atoms with Crippen molar-refractivity contribution in [3.8, 4) is 0 Å². The summed E-state index contributed by atoms with van der Waals surface area (Å²) in [6.45, 7) is 7.37. The van der Waals surface area contributed by atoms with Gasteiger partial charge in [-0.25, -0.2) is 0 Å². The van der Waals surface area contributed by atoms with Crippen LogP contribution >= 0.6 is 0 Å². The highest BCUT2D eigenvalue weighted by Gasteiger charge is 2.26. The predicted molar refractivity (Wildman–Crippen MR) is 70.4 cm³/mol. The van der Waals surface area contributed by atoms with Gasteiger partial charge < -0.3 is 15.2 Å². The van der Waals surface area contributed by atoms with Gasteiger partial charge in [0.15, 0.2) is 5.82 Å². The summed E-state index contributed by atoms with van der Waals surface area (Å²) in [6.07, 6.45) is 4.10. The van der Waals surface area contributed by atoms with E-state index in [0.717, 1.165) is 37.5 Å². The maximum absolute atomic E-state index is 5.48. The molecule has 1 unspecified atom stereocenters. The average molecular weight is 252 g/mol. The van der Waals surface area contributed by atoms with E-state index >= 15 is 0 Å². The van der Waals surface area contributed by atoms with E-state index in [1.54, 1.807) is 0 Å². The lowest BCUT2D eigenvalue weighted by Gasteiger charge is -2.33. The topological polar surface area (TPSA) is 68.2 Å². The van der Waals surface area contributed by atoms with Crippen molar-refractivity contribution in [3.05, 3.63) is 11.7 Å². The van der Waals surface area contributed by atoms with Gasteiger partial charge in [-0.05, 0) is 46.2 Å². The van der Waals surface area contributed by atoms with Crippen LogP contribution in [0.25, 0.3) is 0 Å². The molecule has 1 aliphatic rings. The third kappa shape index (κ3) is 3.29. The Morgan fingerprint density at radius 2 is 2.33 bits per heavy atom. The van der Waals surface area contributed by atoms with Crippen LogP contribution in [0, 0.1) is 0 Å². The first-order chi connectivity index (χ1) is 8.70. The molecule has 5 nitrogen and oxygen atoms in total. The van der Waals surface area contributed by atoms with Crippen molar-refractivity contribution in [2.24, 2.45) is 5.73 Å². The monoisotopic (exact) mass is 252 g/mol. The Morgan fingerprint density at radius 1 is 1.50 bits per heavy atom. The number of aryl methyl sites for hydroxylation is 1. The number of hydrogen-bond donors (Lipinski definition) is 1. The molecule has 18 heavy (non-hydrogen) atoms. The second kappa shape index (κ2) is 6.29. The largest absolute Gasteiger partial charge is 0.339 e. The molecule has 1 aromatic rings. The highest BCUT2D eigenvalue weighted by Crippen LogP contribution is 2.26. The zero-order valence-electron chi connectivity index (χ0n) is 11.4. The van der Waals surface area contributed by atoms with Crippen LogP contribution in [0.3, 0.4) is 0 Å². The quantitative estimate of drug-likeness (QED) is 0.861. The number of likely N-dealkylation sites (tertiary alicyclic amines) is 1. The minimum Gasteiger partial charge on any atom is -0.339 e. The molecule has 102 valence electrons. The van der Waals surface area contributed by atoms with Gasteiger partial charge in [0.05, 0.1) is 5.92 Å². The fourth-order valence-electron chi connectivity index (χ4n) is 2.47. The molecule has 1 fully saturated rings. The van der Waals surface area contributed by atoms with E-state index in [2.05, 4.69) is 28.9 Å². The maximum atomic E-state index is 5.48. The number of nitrogens with two attached hydrogens (primary N) is 1. The Bertz CT molecular complexity index is 364. The highest BCUT2D eigenvalue weighted by molar-refractivity contribution is 4.97.